The second kappa shape index (κ2) is 8.82. The number of nitrogens with zero attached hydrogens (tertiary/aromatic N) is 4. The van der Waals surface area contributed by atoms with E-state index in [0.717, 1.165) is 24.0 Å². The van der Waals surface area contributed by atoms with Crippen LogP contribution < -0.4 is 14.4 Å². The van der Waals surface area contributed by atoms with Gasteiger partial charge in [0.2, 0.25) is 0 Å². The van der Waals surface area contributed by atoms with E-state index < -0.39 is 10.0 Å². The third-order valence-corrected chi connectivity index (χ3v) is 7.20. The van der Waals surface area contributed by atoms with Crippen LogP contribution in [0.2, 0.25) is 0 Å². The smallest absolute Gasteiger partial charge is 0.263 e. The predicted octanol–water partition coefficient (Wildman–Crippen LogP) is 2.91. The third-order valence-electron chi connectivity index (χ3n) is 5.86. The minimum atomic E-state index is -3.96. The molecule has 4 aromatic rings. The van der Waals surface area contributed by atoms with Crippen molar-refractivity contribution in [3.63, 3.8) is 0 Å². The highest BCUT2D eigenvalue weighted by Crippen LogP contribution is 2.35. The topological polar surface area (TPSA) is 120 Å². The monoisotopic (exact) mass is 481 g/mol. The van der Waals surface area contributed by atoms with Crippen molar-refractivity contribution in [2.75, 3.05) is 29.8 Å². The van der Waals surface area contributed by atoms with Gasteiger partial charge in [0.15, 0.2) is 11.4 Å². The van der Waals surface area contributed by atoms with Gasteiger partial charge in [0.25, 0.3) is 10.0 Å². The molecule has 1 aliphatic heterocycles. The largest absolute Gasteiger partial charge is 0.496 e. The molecule has 0 radical (unpaired) electrons. The molecule has 11 heteroatoms. The molecule has 0 bridgehead atoms. The summed E-state index contributed by atoms with van der Waals surface area (Å²) in [6, 6.07) is 12.0. The second-order valence-electron chi connectivity index (χ2n) is 8.14. The number of hydrogen-bond donors (Lipinski definition) is 1. The Kier molecular flexibility index (Phi) is 5.70. The summed E-state index contributed by atoms with van der Waals surface area (Å²) in [5.74, 6) is 0.444. The van der Waals surface area contributed by atoms with Crippen molar-refractivity contribution in [1.29, 1.82) is 0 Å². The van der Waals surface area contributed by atoms with Crippen LogP contribution in [0.5, 0.6) is 5.75 Å². The average molecular weight is 482 g/mol. The summed E-state index contributed by atoms with van der Waals surface area (Å²) in [6.45, 7) is 1.77. The van der Waals surface area contributed by atoms with Gasteiger partial charge < -0.3 is 19.0 Å². The van der Waals surface area contributed by atoms with E-state index in [1.165, 1.54) is 13.2 Å². The Labute approximate surface area is 196 Å². The molecule has 0 spiro atoms. The summed E-state index contributed by atoms with van der Waals surface area (Å²) < 4.78 is 41.6. The van der Waals surface area contributed by atoms with Crippen LogP contribution in [0, 0.1) is 5.92 Å². The zero-order chi connectivity index (χ0) is 23.7. The molecule has 1 aliphatic rings. The van der Waals surface area contributed by atoms with Gasteiger partial charge in [-0.1, -0.05) is 11.2 Å². The molecule has 3 heterocycles. The van der Waals surface area contributed by atoms with Crippen molar-refractivity contribution in [2.45, 2.75) is 17.9 Å². The van der Waals surface area contributed by atoms with Gasteiger partial charge in [-0.05, 0) is 48.4 Å². The van der Waals surface area contributed by atoms with E-state index >= 15 is 0 Å². The molecule has 1 fully saturated rings. The summed E-state index contributed by atoms with van der Waals surface area (Å²) in [6.07, 6.45) is 5.24. The van der Waals surface area contributed by atoms with Crippen molar-refractivity contribution < 1.29 is 22.5 Å². The number of benzene rings is 2. The Morgan fingerprint density at radius 3 is 2.88 bits per heavy atom. The Morgan fingerprint density at radius 2 is 2.15 bits per heavy atom. The summed E-state index contributed by atoms with van der Waals surface area (Å²) in [5.41, 5.74) is 2.01. The van der Waals surface area contributed by atoms with Gasteiger partial charge in [-0.2, -0.15) is 5.10 Å². The Hall–Kier alpha value is -3.86. The molecule has 1 atom stereocenters. The molecule has 0 amide bonds. The van der Waals surface area contributed by atoms with Crippen LogP contribution in [0.4, 0.5) is 11.5 Å². The predicted molar refractivity (Wildman–Crippen MR) is 126 cm³/mol. The fourth-order valence-corrected chi connectivity index (χ4v) is 5.20. The lowest BCUT2D eigenvalue weighted by Crippen LogP contribution is -2.21. The van der Waals surface area contributed by atoms with Gasteiger partial charge in [-0.3, -0.25) is 9.40 Å². The highest BCUT2D eigenvalue weighted by Gasteiger charge is 2.25. The highest BCUT2D eigenvalue weighted by atomic mass is 32.2. The van der Waals surface area contributed by atoms with Gasteiger partial charge in [0, 0.05) is 37.1 Å². The van der Waals surface area contributed by atoms with Gasteiger partial charge in [0.1, 0.15) is 17.4 Å². The number of carbonyl (C=O) groups excluding carboxylic acids is 1. The summed E-state index contributed by atoms with van der Waals surface area (Å²) >= 11 is 0. The summed E-state index contributed by atoms with van der Waals surface area (Å²) in [5, 5.41) is 8.58. The fourth-order valence-electron chi connectivity index (χ4n) is 4.16. The number of hydrogen-bond acceptors (Lipinski definition) is 8. The van der Waals surface area contributed by atoms with Crippen molar-refractivity contribution >= 4 is 38.8 Å². The van der Waals surface area contributed by atoms with Crippen LogP contribution in [0.25, 0.3) is 11.0 Å². The molecule has 2 aromatic carbocycles. The van der Waals surface area contributed by atoms with Crippen LogP contribution in [-0.2, 0) is 21.4 Å². The first-order chi connectivity index (χ1) is 16.5. The van der Waals surface area contributed by atoms with Crippen molar-refractivity contribution in [2.24, 2.45) is 5.92 Å². The Bertz CT molecular complexity index is 1430. The van der Waals surface area contributed by atoms with E-state index in [1.54, 1.807) is 35.1 Å². The fraction of sp³-hybridized carbons (Fsp3) is 0.261. The van der Waals surface area contributed by atoms with Crippen LogP contribution in [-0.4, -0.2) is 49.8 Å². The normalized spacial score (nSPS) is 16.1. The number of sulfonamides is 1. The maximum absolute atomic E-state index is 13.2. The molecular formula is C23H23N5O5S. The standard InChI is InChI=1S/C23H23N5O5S/c1-32-20-10-17(14-28-8-3-7-24-28)11-21-22(20)23(25-33-21)26-34(30,31)19-5-2-4-18(12-19)27-9-6-16(13-27)15-29/h2-5,7-8,10-12,15-16H,6,9,13-14H2,1H3,(H,25,26). The Morgan fingerprint density at radius 1 is 1.26 bits per heavy atom. The van der Waals surface area contributed by atoms with Crippen molar-refractivity contribution in [3.8, 4) is 5.75 Å². The average Bonchev–Trinajstić information content (AvgIpc) is 3.60. The number of methoxy groups -OCH3 is 1. The lowest BCUT2D eigenvalue weighted by Gasteiger charge is -2.18. The molecular weight excluding hydrogens is 458 g/mol. The molecule has 34 heavy (non-hydrogen) atoms. The maximum Gasteiger partial charge on any atom is 0.263 e. The van der Waals surface area contributed by atoms with Gasteiger partial charge in [-0.25, -0.2) is 8.42 Å². The van der Waals surface area contributed by atoms with E-state index in [2.05, 4.69) is 15.0 Å². The zero-order valence-corrected chi connectivity index (χ0v) is 19.2. The van der Waals surface area contributed by atoms with E-state index in [1.807, 2.05) is 23.2 Å². The van der Waals surface area contributed by atoms with E-state index in [4.69, 9.17) is 9.26 Å². The zero-order valence-electron chi connectivity index (χ0n) is 18.4. The number of rotatable bonds is 8. The second-order valence-corrected chi connectivity index (χ2v) is 9.82. The summed E-state index contributed by atoms with van der Waals surface area (Å²) in [7, 11) is -2.46. The van der Waals surface area contributed by atoms with E-state index in [0.29, 0.717) is 36.4 Å². The Balaban J connectivity index is 1.43. The van der Waals surface area contributed by atoms with Crippen molar-refractivity contribution in [3.05, 3.63) is 60.4 Å². The molecule has 1 N–H and O–H groups in total. The number of aromatic nitrogens is 3. The first-order valence-electron chi connectivity index (χ1n) is 10.7. The lowest BCUT2D eigenvalue weighted by molar-refractivity contribution is -0.110. The number of carbonyl (C=O) groups is 1. The van der Waals surface area contributed by atoms with Crippen molar-refractivity contribution in [1.82, 2.24) is 14.9 Å². The minimum absolute atomic E-state index is 0.0365. The molecule has 0 aliphatic carbocycles. The molecule has 0 saturated carbocycles. The number of anilines is 2. The molecule has 2 aromatic heterocycles. The molecule has 1 unspecified atom stereocenters. The number of fused-ring (bicyclic) bond motifs is 1. The first kappa shape index (κ1) is 22.0. The molecule has 1 saturated heterocycles. The van der Waals surface area contributed by atoms with E-state index in [-0.39, 0.29) is 16.6 Å². The number of aldehydes is 1. The van der Waals surface area contributed by atoms with E-state index in [9.17, 15) is 13.2 Å². The maximum atomic E-state index is 13.2. The molecule has 176 valence electrons. The quantitative estimate of drug-likeness (QED) is 0.382. The first-order valence-corrected chi connectivity index (χ1v) is 12.2. The SMILES string of the molecule is COc1cc(Cn2cccn2)cc2onc(NS(=O)(=O)c3cccc(N4CCC(C=O)C4)c3)c12. The lowest BCUT2D eigenvalue weighted by atomic mass is 10.1. The third kappa shape index (κ3) is 4.21. The van der Waals surface area contributed by atoms with Crippen LogP contribution in [0.15, 0.2) is 64.3 Å². The highest BCUT2D eigenvalue weighted by molar-refractivity contribution is 7.92. The van der Waals surface area contributed by atoms with Crippen LogP contribution in [0.3, 0.4) is 0 Å². The minimum Gasteiger partial charge on any atom is -0.496 e. The van der Waals surface area contributed by atoms with Crippen LogP contribution >= 0.6 is 0 Å². The van der Waals surface area contributed by atoms with Crippen LogP contribution in [0.1, 0.15) is 12.0 Å². The van der Waals surface area contributed by atoms with Gasteiger partial charge in [-0.15, -0.1) is 0 Å². The number of ether oxygens (including phenoxy) is 1. The molecule has 10 nitrogen and oxygen atoms in total. The van der Waals surface area contributed by atoms with Gasteiger partial charge >= 0.3 is 0 Å². The summed E-state index contributed by atoms with van der Waals surface area (Å²) in [4.78, 5) is 13.2. The van der Waals surface area contributed by atoms with Gasteiger partial charge in [0.05, 0.1) is 18.6 Å². The molecule has 5 rings (SSSR count). The number of nitrogens with one attached hydrogen (secondary N) is 1.